The van der Waals surface area contributed by atoms with Gasteiger partial charge in [0.2, 0.25) is 0 Å². The molecule has 0 saturated heterocycles. The molecule has 2 aromatic carbocycles. The summed E-state index contributed by atoms with van der Waals surface area (Å²) in [7, 11) is 0. The van der Waals surface area contributed by atoms with Gasteiger partial charge in [-0.1, -0.05) is 22.0 Å². The van der Waals surface area contributed by atoms with Gasteiger partial charge in [0.1, 0.15) is 0 Å². The Hall–Kier alpha value is -2.07. The van der Waals surface area contributed by atoms with Gasteiger partial charge in [0.25, 0.3) is 5.91 Å². The van der Waals surface area contributed by atoms with E-state index in [0.29, 0.717) is 5.56 Å². The highest BCUT2D eigenvalue weighted by molar-refractivity contribution is 9.10. The van der Waals surface area contributed by atoms with E-state index in [9.17, 15) is 4.79 Å². The summed E-state index contributed by atoms with van der Waals surface area (Å²) in [6.07, 6.45) is 5.24. The molecule has 0 radical (unpaired) electrons. The number of benzene rings is 2. The number of aromatic nitrogens is 1. The molecule has 0 aliphatic heterocycles. The van der Waals surface area contributed by atoms with Gasteiger partial charge < -0.3 is 10.3 Å². The quantitative estimate of drug-likeness (QED) is 0.689. The van der Waals surface area contributed by atoms with E-state index >= 15 is 0 Å². The first-order valence-corrected chi connectivity index (χ1v) is 8.20. The van der Waals surface area contributed by atoms with Gasteiger partial charge in [-0.25, -0.2) is 0 Å². The van der Waals surface area contributed by atoms with E-state index in [1.54, 1.807) is 6.20 Å². The van der Waals surface area contributed by atoms with Gasteiger partial charge in [0.05, 0.1) is 5.56 Å². The number of carbonyl (C=O) groups excluding carboxylic acids is 1. The number of amides is 1. The molecular weight excluding hydrogens is 340 g/mol. The molecule has 3 aromatic rings. The van der Waals surface area contributed by atoms with Crippen LogP contribution in [0.1, 0.15) is 27.9 Å². The molecule has 0 unspecified atom stereocenters. The third-order valence-electron chi connectivity index (χ3n) is 4.24. The smallest absolute Gasteiger partial charge is 0.257 e. The standard InChI is InChI=1S/C18H15BrN2O/c19-13-5-7-17-15(9-13)16(10-20-17)18(22)21-14-6-4-11-2-1-3-12(11)8-14/h4-10,20H,1-3H2,(H,21,22). The predicted molar refractivity (Wildman–Crippen MR) is 92.4 cm³/mol. The van der Waals surface area contributed by atoms with Gasteiger partial charge in [-0.15, -0.1) is 0 Å². The van der Waals surface area contributed by atoms with Crippen LogP contribution in [0, 0.1) is 0 Å². The molecule has 1 aromatic heterocycles. The van der Waals surface area contributed by atoms with Crippen molar-refractivity contribution in [2.75, 3.05) is 5.32 Å². The normalized spacial score (nSPS) is 13.3. The van der Waals surface area contributed by atoms with Crippen molar-refractivity contribution in [1.82, 2.24) is 4.98 Å². The van der Waals surface area contributed by atoms with Gasteiger partial charge in [0, 0.05) is 27.3 Å². The van der Waals surface area contributed by atoms with Crippen LogP contribution >= 0.6 is 15.9 Å². The summed E-state index contributed by atoms with van der Waals surface area (Å²) in [4.78, 5) is 15.7. The van der Waals surface area contributed by atoms with Crippen molar-refractivity contribution in [3.8, 4) is 0 Å². The van der Waals surface area contributed by atoms with Crippen LogP contribution in [0.5, 0.6) is 0 Å². The molecule has 0 fully saturated rings. The Labute approximate surface area is 136 Å². The number of halogens is 1. The molecule has 1 aliphatic carbocycles. The number of nitrogens with one attached hydrogen (secondary N) is 2. The lowest BCUT2D eigenvalue weighted by molar-refractivity contribution is 0.102. The zero-order valence-electron chi connectivity index (χ0n) is 11.9. The summed E-state index contributed by atoms with van der Waals surface area (Å²) in [5, 5.41) is 3.94. The fourth-order valence-electron chi connectivity index (χ4n) is 3.13. The maximum absolute atomic E-state index is 12.6. The highest BCUT2D eigenvalue weighted by Gasteiger charge is 2.15. The van der Waals surface area contributed by atoms with Crippen molar-refractivity contribution in [3.05, 3.63) is 63.8 Å². The Bertz CT molecular complexity index is 882. The third-order valence-corrected chi connectivity index (χ3v) is 4.74. The number of aryl methyl sites for hydroxylation is 2. The number of H-pyrrole nitrogens is 1. The zero-order chi connectivity index (χ0) is 15.1. The maximum atomic E-state index is 12.6. The summed E-state index contributed by atoms with van der Waals surface area (Å²) >= 11 is 3.46. The molecule has 1 amide bonds. The molecule has 0 spiro atoms. The monoisotopic (exact) mass is 354 g/mol. The van der Waals surface area contributed by atoms with Crippen molar-refractivity contribution in [1.29, 1.82) is 0 Å². The zero-order valence-corrected chi connectivity index (χ0v) is 13.5. The molecule has 2 N–H and O–H groups in total. The second-order valence-electron chi connectivity index (χ2n) is 5.68. The molecule has 4 rings (SSSR count). The number of aromatic amines is 1. The maximum Gasteiger partial charge on any atom is 0.257 e. The second-order valence-corrected chi connectivity index (χ2v) is 6.60. The number of anilines is 1. The molecule has 110 valence electrons. The number of rotatable bonds is 2. The van der Waals surface area contributed by atoms with E-state index in [4.69, 9.17) is 0 Å². The van der Waals surface area contributed by atoms with Crippen LogP contribution in [0.15, 0.2) is 47.1 Å². The Morgan fingerprint density at radius 3 is 2.86 bits per heavy atom. The highest BCUT2D eigenvalue weighted by atomic mass is 79.9. The fraction of sp³-hybridized carbons (Fsp3) is 0.167. The lowest BCUT2D eigenvalue weighted by Crippen LogP contribution is -2.11. The lowest BCUT2D eigenvalue weighted by atomic mass is 10.1. The summed E-state index contributed by atoms with van der Waals surface area (Å²) in [5.74, 6) is -0.0812. The van der Waals surface area contributed by atoms with Crippen molar-refractivity contribution in [2.45, 2.75) is 19.3 Å². The van der Waals surface area contributed by atoms with E-state index in [1.165, 1.54) is 17.5 Å². The van der Waals surface area contributed by atoms with Crippen LogP contribution in [0.4, 0.5) is 5.69 Å². The minimum Gasteiger partial charge on any atom is -0.360 e. The average molecular weight is 355 g/mol. The first kappa shape index (κ1) is 13.6. The molecule has 0 bridgehead atoms. The third kappa shape index (κ3) is 2.33. The average Bonchev–Trinajstić information content (AvgIpc) is 3.12. The largest absolute Gasteiger partial charge is 0.360 e. The first-order chi connectivity index (χ1) is 10.7. The minimum absolute atomic E-state index is 0.0812. The lowest BCUT2D eigenvalue weighted by Gasteiger charge is -2.07. The summed E-state index contributed by atoms with van der Waals surface area (Å²) in [6.45, 7) is 0. The molecule has 1 aliphatic rings. The number of hydrogen-bond acceptors (Lipinski definition) is 1. The molecule has 4 heteroatoms. The van der Waals surface area contributed by atoms with Gasteiger partial charge in [0.15, 0.2) is 0 Å². The molecule has 22 heavy (non-hydrogen) atoms. The highest BCUT2D eigenvalue weighted by Crippen LogP contribution is 2.26. The topological polar surface area (TPSA) is 44.9 Å². The Morgan fingerprint density at radius 2 is 1.95 bits per heavy atom. The van der Waals surface area contributed by atoms with Crippen molar-refractivity contribution >= 4 is 38.4 Å². The van der Waals surface area contributed by atoms with E-state index in [-0.39, 0.29) is 5.91 Å². The summed E-state index contributed by atoms with van der Waals surface area (Å²) in [6, 6.07) is 12.1. The van der Waals surface area contributed by atoms with E-state index in [1.807, 2.05) is 24.3 Å². The molecular formula is C18H15BrN2O. The van der Waals surface area contributed by atoms with Gasteiger partial charge in [-0.3, -0.25) is 4.79 Å². The van der Waals surface area contributed by atoms with Gasteiger partial charge >= 0.3 is 0 Å². The number of fused-ring (bicyclic) bond motifs is 2. The summed E-state index contributed by atoms with van der Waals surface area (Å²) < 4.78 is 0.964. The Morgan fingerprint density at radius 1 is 1.09 bits per heavy atom. The summed E-state index contributed by atoms with van der Waals surface area (Å²) in [5.41, 5.74) is 5.27. The Kier molecular flexibility index (Phi) is 3.26. The van der Waals surface area contributed by atoms with Gasteiger partial charge in [-0.05, 0) is 60.7 Å². The predicted octanol–water partition coefficient (Wildman–Crippen LogP) is 4.67. The van der Waals surface area contributed by atoms with Crippen LogP contribution in [0.2, 0.25) is 0 Å². The van der Waals surface area contributed by atoms with Crippen molar-refractivity contribution in [2.24, 2.45) is 0 Å². The van der Waals surface area contributed by atoms with E-state index in [0.717, 1.165) is 33.9 Å². The SMILES string of the molecule is O=C(Nc1ccc2c(c1)CCC2)c1c[nH]c2ccc(Br)cc12. The molecule has 0 saturated carbocycles. The molecule has 0 atom stereocenters. The minimum atomic E-state index is -0.0812. The number of carbonyl (C=O) groups is 1. The van der Waals surface area contributed by atoms with Crippen molar-refractivity contribution < 1.29 is 4.79 Å². The van der Waals surface area contributed by atoms with Crippen LogP contribution in [-0.4, -0.2) is 10.9 Å². The molecule has 3 nitrogen and oxygen atoms in total. The Balaban J connectivity index is 1.65. The van der Waals surface area contributed by atoms with Crippen molar-refractivity contribution in [3.63, 3.8) is 0 Å². The van der Waals surface area contributed by atoms with Crippen LogP contribution in [0.25, 0.3) is 10.9 Å². The van der Waals surface area contributed by atoms with E-state index in [2.05, 4.69) is 38.4 Å². The van der Waals surface area contributed by atoms with Crippen LogP contribution in [-0.2, 0) is 12.8 Å². The van der Waals surface area contributed by atoms with Gasteiger partial charge in [-0.2, -0.15) is 0 Å². The first-order valence-electron chi connectivity index (χ1n) is 7.40. The number of hydrogen-bond donors (Lipinski definition) is 2. The van der Waals surface area contributed by atoms with Crippen LogP contribution in [0.3, 0.4) is 0 Å². The van der Waals surface area contributed by atoms with Crippen LogP contribution < -0.4 is 5.32 Å². The molecule has 1 heterocycles. The fourth-order valence-corrected chi connectivity index (χ4v) is 3.49. The second kappa shape index (κ2) is 5.29. The van der Waals surface area contributed by atoms with E-state index < -0.39 is 0 Å².